The highest BCUT2D eigenvalue weighted by atomic mass is 35.5. The first-order valence-corrected chi connectivity index (χ1v) is 12.6. The van der Waals surface area contributed by atoms with Crippen molar-refractivity contribution in [3.05, 3.63) is 92.0 Å². The van der Waals surface area contributed by atoms with Crippen LogP contribution in [-0.4, -0.2) is 41.9 Å². The Hall–Kier alpha value is -4.94. The van der Waals surface area contributed by atoms with Gasteiger partial charge in [0.05, 0.1) is 27.3 Å². The zero-order chi connectivity index (χ0) is 29.7. The number of halogens is 2. The molecule has 0 aliphatic carbocycles. The minimum atomic E-state index is -0.996. The Bertz CT molecular complexity index is 1590. The standard InChI is InChI=1S/C27H20Cl2N4O8/c1-2-40-23-12-15(3-10-22(23)41-14-24(34)30-16-4-9-20(28)21(29)13-16)11-19-25(35)31-27(37)32(26(19)36)17-5-7-18(8-6-17)33(38)39/h3-13H,2,14H2,1H3,(H,30,34)(H,31,35,37)/b19-11-. The summed E-state index contributed by atoms with van der Waals surface area (Å²) in [7, 11) is 0. The Kier molecular flexibility index (Phi) is 8.85. The van der Waals surface area contributed by atoms with Gasteiger partial charge in [-0.25, -0.2) is 9.69 Å². The van der Waals surface area contributed by atoms with E-state index >= 15 is 0 Å². The maximum Gasteiger partial charge on any atom is 0.335 e. The van der Waals surface area contributed by atoms with Crippen molar-refractivity contribution in [2.24, 2.45) is 0 Å². The smallest absolute Gasteiger partial charge is 0.335 e. The number of ether oxygens (including phenoxy) is 2. The fourth-order valence-electron chi connectivity index (χ4n) is 3.70. The third-order valence-electron chi connectivity index (χ3n) is 5.56. The number of nitro benzene ring substituents is 1. The highest BCUT2D eigenvalue weighted by molar-refractivity contribution is 6.42. The van der Waals surface area contributed by atoms with Crippen molar-refractivity contribution in [1.82, 2.24) is 5.32 Å². The van der Waals surface area contributed by atoms with E-state index in [1.807, 2.05) is 0 Å². The van der Waals surface area contributed by atoms with E-state index in [1.54, 1.807) is 19.1 Å². The van der Waals surface area contributed by atoms with Crippen molar-refractivity contribution >= 4 is 70.1 Å². The largest absolute Gasteiger partial charge is 0.490 e. The first kappa shape index (κ1) is 29.1. The number of rotatable bonds is 9. The van der Waals surface area contributed by atoms with Gasteiger partial charge < -0.3 is 14.8 Å². The predicted molar refractivity (Wildman–Crippen MR) is 150 cm³/mol. The number of hydrogen-bond donors (Lipinski definition) is 2. The molecule has 0 spiro atoms. The summed E-state index contributed by atoms with van der Waals surface area (Å²) in [5.74, 6) is -1.87. The van der Waals surface area contributed by atoms with Crippen LogP contribution in [0.5, 0.6) is 11.5 Å². The fourth-order valence-corrected chi connectivity index (χ4v) is 4.00. The lowest BCUT2D eigenvalue weighted by molar-refractivity contribution is -0.384. The number of hydrogen-bond acceptors (Lipinski definition) is 8. The molecule has 4 rings (SSSR count). The highest BCUT2D eigenvalue weighted by Gasteiger charge is 2.37. The lowest BCUT2D eigenvalue weighted by atomic mass is 10.1. The molecule has 1 aliphatic rings. The highest BCUT2D eigenvalue weighted by Crippen LogP contribution is 2.31. The second kappa shape index (κ2) is 12.5. The number of carbonyl (C=O) groups is 4. The van der Waals surface area contributed by atoms with E-state index in [1.165, 1.54) is 42.5 Å². The molecule has 1 aliphatic heterocycles. The van der Waals surface area contributed by atoms with Crippen LogP contribution in [0.15, 0.2) is 66.2 Å². The molecule has 3 aromatic carbocycles. The maximum absolute atomic E-state index is 13.1. The lowest BCUT2D eigenvalue weighted by Gasteiger charge is -2.26. The molecule has 5 amide bonds. The number of urea groups is 1. The van der Waals surface area contributed by atoms with Crippen molar-refractivity contribution in [2.45, 2.75) is 6.92 Å². The Labute approximate surface area is 242 Å². The number of nitrogens with one attached hydrogen (secondary N) is 2. The van der Waals surface area contributed by atoms with E-state index in [0.29, 0.717) is 21.2 Å². The van der Waals surface area contributed by atoms with Crippen molar-refractivity contribution in [2.75, 3.05) is 23.4 Å². The number of imide groups is 2. The van der Waals surface area contributed by atoms with Crippen molar-refractivity contribution < 1.29 is 33.6 Å². The van der Waals surface area contributed by atoms with Gasteiger partial charge >= 0.3 is 6.03 Å². The monoisotopic (exact) mass is 598 g/mol. The van der Waals surface area contributed by atoms with Crippen LogP contribution in [0.2, 0.25) is 10.0 Å². The number of nitrogens with zero attached hydrogens (tertiary/aromatic N) is 2. The molecule has 0 unspecified atom stereocenters. The van der Waals surface area contributed by atoms with Crippen molar-refractivity contribution in [1.29, 1.82) is 0 Å². The first-order valence-electron chi connectivity index (χ1n) is 11.9. The quantitative estimate of drug-likeness (QED) is 0.151. The normalized spacial score (nSPS) is 14.1. The summed E-state index contributed by atoms with van der Waals surface area (Å²) in [6.07, 6.45) is 1.26. The molecule has 0 aromatic heterocycles. The average molecular weight is 599 g/mol. The zero-order valence-corrected chi connectivity index (χ0v) is 22.7. The van der Waals surface area contributed by atoms with Crippen LogP contribution in [-0.2, 0) is 14.4 Å². The molecule has 14 heteroatoms. The zero-order valence-electron chi connectivity index (χ0n) is 21.2. The summed E-state index contributed by atoms with van der Waals surface area (Å²) in [6, 6.07) is 12.8. The van der Waals surface area contributed by atoms with Crippen LogP contribution in [0.25, 0.3) is 6.08 Å². The first-order chi connectivity index (χ1) is 19.6. The van der Waals surface area contributed by atoms with Gasteiger partial charge in [-0.2, -0.15) is 0 Å². The number of amides is 5. The minimum Gasteiger partial charge on any atom is -0.490 e. The second-order valence-corrected chi connectivity index (χ2v) is 9.15. The third-order valence-corrected chi connectivity index (χ3v) is 6.30. The van der Waals surface area contributed by atoms with Crippen LogP contribution in [0.1, 0.15) is 12.5 Å². The summed E-state index contributed by atoms with van der Waals surface area (Å²) in [4.78, 5) is 61.5. The molecule has 0 saturated carbocycles. The molecule has 0 bridgehead atoms. The Balaban J connectivity index is 1.52. The summed E-state index contributed by atoms with van der Waals surface area (Å²) in [6.45, 7) is 1.61. The van der Waals surface area contributed by atoms with Gasteiger partial charge in [-0.3, -0.25) is 29.8 Å². The molecule has 12 nitrogen and oxygen atoms in total. The molecule has 1 saturated heterocycles. The van der Waals surface area contributed by atoms with Crippen LogP contribution in [0.4, 0.5) is 21.9 Å². The topological polar surface area (TPSA) is 157 Å². The van der Waals surface area contributed by atoms with Gasteiger partial charge in [-0.1, -0.05) is 29.3 Å². The Morgan fingerprint density at radius 2 is 1.73 bits per heavy atom. The SMILES string of the molecule is CCOc1cc(/C=C2/C(=O)NC(=O)N(c3ccc([N+](=O)[O-])cc3)C2=O)ccc1OCC(=O)Nc1ccc(Cl)c(Cl)c1. The molecule has 2 N–H and O–H groups in total. The summed E-state index contributed by atoms with van der Waals surface area (Å²) in [5.41, 5.74) is 0.229. The maximum atomic E-state index is 13.1. The van der Waals surface area contributed by atoms with E-state index in [4.69, 9.17) is 32.7 Å². The van der Waals surface area contributed by atoms with E-state index < -0.39 is 28.7 Å². The predicted octanol–water partition coefficient (Wildman–Crippen LogP) is 4.98. The average Bonchev–Trinajstić information content (AvgIpc) is 2.93. The van der Waals surface area contributed by atoms with Gasteiger partial charge in [0.2, 0.25) is 0 Å². The minimum absolute atomic E-state index is 0.0365. The second-order valence-electron chi connectivity index (χ2n) is 8.34. The van der Waals surface area contributed by atoms with E-state index in [-0.39, 0.29) is 46.7 Å². The molecular weight excluding hydrogens is 579 g/mol. The lowest BCUT2D eigenvalue weighted by Crippen LogP contribution is -2.54. The number of barbiturate groups is 1. The van der Waals surface area contributed by atoms with Crippen molar-refractivity contribution in [3.63, 3.8) is 0 Å². The Morgan fingerprint density at radius 3 is 2.39 bits per heavy atom. The van der Waals surface area contributed by atoms with E-state index in [9.17, 15) is 29.3 Å². The van der Waals surface area contributed by atoms with Gasteiger partial charge in [-0.15, -0.1) is 0 Å². The number of anilines is 2. The van der Waals surface area contributed by atoms with Crippen molar-refractivity contribution in [3.8, 4) is 11.5 Å². The molecule has 0 atom stereocenters. The van der Waals surface area contributed by atoms with Gasteiger partial charge in [0.25, 0.3) is 23.4 Å². The summed E-state index contributed by atoms with van der Waals surface area (Å²) in [5, 5.41) is 16.3. The number of non-ortho nitro benzene ring substituents is 1. The fraction of sp³-hybridized carbons (Fsp3) is 0.111. The molecular formula is C27H20Cl2N4O8. The van der Waals surface area contributed by atoms with E-state index in [0.717, 1.165) is 12.1 Å². The van der Waals surface area contributed by atoms with Crippen LogP contribution in [0.3, 0.4) is 0 Å². The third kappa shape index (κ3) is 6.80. The summed E-state index contributed by atoms with van der Waals surface area (Å²) >= 11 is 11.9. The number of nitro groups is 1. The molecule has 1 heterocycles. The number of benzene rings is 3. The molecule has 3 aromatic rings. The molecule has 1 fully saturated rings. The molecule has 0 radical (unpaired) electrons. The van der Waals surface area contributed by atoms with Crippen LogP contribution in [0, 0.1) is 10.1 Å². The van der Waals surface area contributed by atoms with Gasteiger partial charge in [-0.05, 0) is 61.0 Å². The number of carbonyl (C=O) groups excluding carboxylic acids is 4. The van der Waals surface area contributed by atoms with E-state index in [2.05, 4.69) is 10.6 Å². The van der Waals surface area contributed by atoms with Crippen LogP contribution >= 0.6 is 23.2 Å². The van der Waals surface area contributed by atoms with Gasteiger partial charge in [0.15, 0.2) is 18.1 Å². The van der Waals surface area contributed by atoms with Crippen LogP contribution < -0.4 is 25.0 Å². The molecule has 210 valence electrons. The Morgan fingerprint density at radius 1 is 1.00 bits per heavy atom. The van der Waals surface area contributed by atoms with Gasteiger partial charge in [0.1, 0.15) is 5.57 Å². The molecule has 41 heavy (non-hydrogen) atoms. The van der Waals surface area contributed by atoms with Gasteiger partial charge in [0, 0.05) is 17.8 Å². The summed E-state index contributed by atoms with van der Waals surface area (Å²) < 4.78 is 11.2.